The highest BCUT2D eigenvalue weighted by Crippen LogP contribution is 2.36. The van der Waals surface area contributed by atoms with Crippen molar-refractivity contribution in [1.29, 1.82) is 0 Å². The third-order valence-corrected chi connectivity index (χ3v) is 6.61. The molecular formula is C17H20BrN3O2S. The minimum Gasteiger partial charge on any atom is -0.472 e. The molecule has 7 heteroatoms. The number of nitrogens with zero attached hydrogens (tertiary/aromatic N) is 3. The number of likely N-dealkylation sites (tertiary alicyclic amines) is 2. The van der Waals surface area contributed by atoms with E-state index in [1.54, 1.807) is 17.5 Å². The van der Waals surface area contributed by atoms with E-state index < -0.39 is 0 Å². The van der Waals surface area contributed by atoms with Gasteiger partial charge < -0.3 is 9.64 Å². The number of halogens is 1. The zero-order valence-electron chi connectivity index (χ0n) is 13.4. The molecular weight excluding hydrogens is 390 g/mol. The SMILES string of the molecule is O=C(CN1CC[C@H](Oc2nccc3scc(Br)c23)C1)N1CCCC1. The Morgan fingerprint density at radius 3 is 3.04 bits per heavy atom. The molecule has 0 aliphatic carbocycles. The van der Waals surface area contributed by atoms with Gasteiger partial charge in [0.25, 0.3) is 0 Å². The number of hydrogen-bond donors (Lipinski definition) is 0. The first kappa shape index (κ1) is 16.3. The summed E-state index contributed by atoms with van der Waals surface area (Å²) in [6.45, 7) is 4.06. The van der Waals surface area contributed by atoms with E-state index in [1.807, 2.05) is 11.0 Å². The Balaban J connectivity index is 1.38. The number of ether oxygens (including phenoxy) is 1. The minimum atomic E-state index is 0.0984. The maximum Gasteiger partial charge on any atom is 0.236 e. The monoisotopic (exact) mass is 409 g/mol. The molecule has 1 amide bonds. The molecule has 0 N–H and O–H groups in total. The van der Waals surface area contributed by atoms with E-state index in [2.05, 4.69) is 31.2 Å². The van der Waals surface area contributed by atoms with Crippen LogP contribution in [0.25, 0.3) is 10.1 Å². The third-order valence-electron chi connectivity index (χ3n) is 4.73. The lowest BCUT2D eigenvalue weighted by Gasteiger charge is -2.20. The molecule has 2 aromatic heterocycles. The Labute approximate surface area is 153 Å². The quantitative estimate of drug-likeness (QED) is 0.777. The Kier molecular flexibility index (Phi) is 4.74. The molecule has 0 aromatic carbocycles. The fourth-order valence-electron chi connectivity index (χ4n) is 3.46. The van der Waals surface area contributed by atoms with Crippen molar-refractivity contribution in [3.8, 4) is 5.88 Å². The topological polar surface area (TPSA) is 45.7 Å². The summed E-state index contributed by atoms with van der Waals surface area (Å²) in [5, 5.41) is 3.11. The summed E-state index contributed by atoms with van der Waals surface area (Å²) in [4.78, 5) is 20.9. The molecule has 0 bridgehead atoms. The average molecular weight is 410 g/mol. The van der Waals surface area contributed by atoms with E-state index in [0.29, 0.717) is 12.4 Å². The molecule has 2 aliphatic rings. The Morgan fingerprint density at radius 1 is 1.38 bits per heavy atom. The molecule has 1 atom stereocenters. The first-order valence-electron chi connectivity index (χ1n) is 8.39. The lowest BCUT2D eigenvalue weighted by atomic mass is 10.3. The van der Waals surface area contributed by atoms with Crippen LogP contribution in [0.2, 0.25) is 0 Å². The van der Waals surface area contributed by atoms with Crippen molar-refractivity contribution in [3.05, 3.63) is 22.1 Å². The van der Waals surface area contributed by atoms with Crippen molar-refractivity contribution in [2.45, 2.75) is 25.4 Å². The van der Waals surface area contributed by atoms with E-state index in [-0.39, 0.29) is 12.0 Å². The second-order valence-corrected chi connectivity index (χ2v) is 8.19. The molecule has 2 fully saturated rings. The molecule has 5 nitrogen and oxygen atoms in total. The highest BCUT2D eigenvalue weighted by molar-refractivity contribution is 9.10. The van der Waals surface area contributed by atoms with Crippen LogP contribution in [0.1, 0.15) is 19.3 Å². The number of fused-ring (bicyclic) bond motifs is 1. The molecule has 0 radical (unpaired) electrons. The van der Waals surface area contributed by atoms with E-state index >= 15 is 0 Å². The van der Waals surface area contributed by atoms with Crippen molar-refractivity contribution in [2.75, 3.05) is 32.7 Å². The van der Waals surface area contributed by atoms with Crippen LogP contribution in [0.5, 0.6) is 5.88 Å². The number of carbonyl (C=O) groups is 1. The van der Waals surface area contributed by atoms with Gasteiger partial charge in [-0.2, -0.15) is 0 Å². The second kappa shape index (κ2) is 6.98. The van der Waals surface area contributed by atoms with Crippen LogP contribution in [0.4, 0.5) is 0 Å². The van der Waals surface area contributed by atoms with E-state index in [9.17, 15) is 4.79 Å². The number of hydrogen-bond acceptors (Lipinski definition) is 5. The zero-order valence-corrected chi connectivity index (χ0v) is 15.8. The van der Waals surface area contributed by atoms with Gasteiger partial charge in [-0.25, -0.2) is 4.98 Å². The van der Waals surface area contributed by atoms with Gasteiger partial charge in [-0.15, -0.1) is 11.3 Å². The summed E-state index contributed by atoms with van der Waals surface area (Å²) in [5.41, 5.74) is 0. The van der Waals surface area contributed by atoms with Crippen molar-refractivity contribution >= 4 is 43.3 Å². The summed E-state index contributed by atoms with van der Waals surface area (Å²) in [5.74, 6) is 0.951. The fourth-order valence-corrected chi connectivity index (χ4v) is 5.06. The first-order valence-corrected chi connectivity index (χ1v) is 10.1. The summed E-state index contributed by atoms with van der Waals surface area (Å²) in [7, 11) is 0. The van der Waals surface area contributed by atoms with Crippen molar-refractivity contribution < 1.29 is 9.53 Å². The van der Waals surface area contributed by atoms with Gasteiger partial charge >= 0.3 is 0 Å². The van der Waals surface area contributed by atoms with Crippen molar-refractivity contribution in [3.63, 3.8) is 0 Å². The predicted molar refractivity (Wildman–Crippen MR) is 98.6 cm³/mol. The standard InChI is InChI=1S/C17H20BrN3O2S/c18-13-11-24-14-3-5-19-17(16(13)14)23-12-4-8-20(9-12)10-15(22)21-6-1-2-7-21/h3,5,11-12H,1-2,4,6-10H2/t12-/m0/s1. The van der Waals surface area contributed by atoms with E-state index in [1.165, 1.54) is 4.70 Å². The Hall–Kier alpha value is -1.18. The highest BCUT2D eigenvalue weighted by Gasteiger charge is 2.28. The molecule has 0 unspecified atom stereocenters. The lowest BCUT2D eigenvalue weighted by Crippen LogP contribution is -2.38. The second-order valence-electron chi connectivity index (χ2n) is 6.42. The highest BCUT2D eigenvalue weighted by atomic mass is 79.9. The van der Waals surface area contributed by atoms with Crippen LogP contribution < -0.4 is 4.74 Å². The third kappa shape index (κ3) is 3.30. The summed E-state index contributed by atoms with van der Waals surface area (Å²) >= 11 is 5.26. The van der Waals surface area contributed by atoms with Gasteiger partial charge in [0.05, 0.1) is 11.9 Å². The molecule has 2 aromatic rings. The van der Waals surface area contributed by atoms with E-state index in [4.69, 9.17) is 4.74 Å². The van der Waals surface area contributed by atoms with Crippen molar-refractivity contribution in [1.82, 2.24) is 14.8 Å². The van der Waals surface area contributed by atoms with Crippen LogP contribution in [0.3, 0.4) is 0 Å². The van der Waals surface area contributed by atoms with Gasteiger partial charge in [-0.3, -0.25) is 9.69 Å². The van der Waals surface area contributed by atoms with Crippen LogP contribution in [-0.4, -0.2) is 59.5 Å². The molecule has 2 saturated heterocycles. The summed E-state index contributed by atoms with van der Waals surface area (Å²) in [6.07, 6.45) is 5.11. The van der Waals surface area contributed by atoms with Gasteiger partial charge in [0.2, 0.25) is 11.8 Å². The maximum absolute atomic E-state index is 12.3. The maximum atomic E-state index is 12.3. The number of aromatic nitrogens is 1. The smallest absolute Gasteiger partial charge is 0.236 e. The van der Waals surface area contributed by atoms with Crippen LogP contribution in [0.15, 0.2) is 22.1 Å². The largest absolute Gasteiger partial charge is 0.472 e. The van der Waals surface area contributed by atoms with Crippen LogP contribution in [-0.2, 0) is 4.79 Å². The average Bonchev–Trinajstić information content (AvgIpc) is 3.30. The van der Waals surface area contributed by atoms with Gasteiger partial charge in [-0.1, -0.05) is 0 Å². The van der Waals surface area contributed by atoms with Gasteiger partial charge in [0.15, 0.2) is 0 Å². The molecule has 0 saturated carbocycles. The molecule has 0 spiro atoms. The molecule has 4 heterocycles. The van der Waals surface area contributed by atoms with E-state index in [0.717, 1.165) is 55.3 Å². The van der Waals surface area contributed by atoms with Crippen molar-refractivity contribution in [2.24, 2.45) is 0 Å². The fraction of sp³-hybridized carbons (Fsp3) is 0.529. The molecule has 24 heavy (non-hydrogen) atoms. The van der Waals surface area contributed by atoms with Gasteiger partial charge in [0.1, 0.15) is 6.10 Å². The number of rotatable bonds is 4. The number of carbonyl (C=O) groups excluding carboxylic acids is 1. The summed E-state index contributed by atoms with van der Waals surface area (Å²) in [6, 6.07) is 2.01. The molecule has 128 valence electrons. The molecule has 2 aliphatic heterocycles. The number of pyridine rings is 1. The number of thiophene rings is 1. The zero-order chi connectivity index (χ0) is 16.5. The summed E-state index contributed by atoms with van der Waals surface area (Å²) < 4.78 is 8.37. The Bertz CT molecular complexity index is 745. The van der Waals surface area contributed by atoms with Gasteiger partial charge in [-0.05, 0) is 41.3 Å². The minimum absolute atomic E-state index is 0.0984. The molecule has 4 rings (SSSR count). The van der Waals surface area contributed by atoms with Crippen LogP contribution in [0, 0.1) is 0 Å². The first-order chi connectivity index (χ1) is 11.7. The normalized spacial score (nSPS) is 21.7. The number of amides is 1. The Morgan fingerprint density at radius 2 is 2.21 bits per heavy atom. The predicted octanol–water partition coefficient (Wildman–Crippen LogP) is 3.13. The van der Waals surface area contributed by atoms with Crippen LogP contribution >= 0.6 is 27.3 Å². The van der Waals surface area contributed by atoms with Gasteiger partial charge in [0, 0.05) is 46.9 Å². The lowest BCUT2D eigenvalue weighted by molar-refractivity contribution is -0.131.